The maximum atomic E-state index is 14.2. The van der Waals surface area contributed by atoms with Crippen LogP contribution in [0.25, 0.3) is 4.96 Å². The zero-order valence-electron chi connectivity index (χ0n) is 16.6. The first-order valence-corrected chi connectivity index (χ1v) is 11.9. The number of rotatable bonds is 6. The van der Waals surface area contributed by atoms with Gasteiger partial charge in [-0.05, 0) is 37.5 Å². The molecule has 1 fully saturated rings. The van der Waals surface area contributed by atoms with E-state index in [1.165, 1.54) is 39.6 Å². The van der Waals surface area contributed by atoms with Crippen molar-refractivity contribution in [3.63, 3.8) is 0 Å². The van der Waals surface area contributed by atoms with Crippen molar-refractivity contribution in [2.24, 2.45) is 0 Å². The normalized spacial score (nSPS) is 16.7. The minimum absolute atomic E-state index is 0.00278. The highest BCUT2D eigenvalue weighted by atomic mass is 32.2. The summed E-state index contributed by atoms with van der Waals surface area (Å²) in [5.41, 5.74) is 2.19. The van der Waals surface area contributed by atoms with Gasteiger partial charge in [0.2, 0.25) is 5.91 Å². The van der Waals surface area contributed by atoms with Crippen LogP contribution in [0.15, 0.2) is 40.6 Å². The Bertz CT molecular complexity index is 1110. The van der Waals surface area contributed by atoms with E-state index in [0.29, 0.717) is 34.4 Å². The molecule has 1 N–H and O–H groups in total. The minimum Gasteiger partial charge on any atom is -0.367 e. The van der Waals surface area contributed by atoms with Crippen LogP contribution in [0.1, 0.15) is 24.1 Å². The molecule has 0 bridgehead atoms. The van der Waals surface area contributed by atoms with Gasteiger partial charge in [0.1, 0.15) is 5.82 Å². The third-order valence-corrected chi connectivity index (χ3v) is 6.79. The van der Waals surface area contributed by atoms with E-state index in [4.69, 9.17) is 0 Å². The van der Waals surface area contributed by atoms with Crippen LogP contribution in [0, 0.1) is 12.7 Å². The van der Waals surface area contributed by atoms with Gasteiger partial charge < -0.3 is 10.2 Å². The van der Waals surface area contributed by atoms with Gasteiger partial charge in [-0.15, -0.1) is 23.1 Å². The predicted molar refractivity (Wildman–Crippen MR) is 120 cm³/mol. The smallest absolute Gasteiger partial charge is 0.258 e. The van der Waals surface area contributed by atoms with Crippen molar-refractivity contribution < 1.29 is 9.18 Å². The number of amides is 1. The number of aromatic nitrogens is 2. The highest BCUT2D eigenvalue weighted by Crippen LogP contribution is 2.24. The van der Waals surface area contributed by atoms with Crippen molar-refractivity contribution in [3.05, 3.63) is 63.3 Å². The van der Waals surface area contributed by atoms with Crippen molar-refractivity contribution in [2.45, 2.75) is 31.6 Å². The molecule has 1 aromatic carbocycles. The van der Waals surface area contributed by atoms with Crippen LogP contribution in [-0.2, 0) is 10.5 Å². The summed E-state index contributed by atoms with van der Waals surface area (Å²) < 4.78 is 15.7. The van der Waals surface area contributed by atoms with E-state index < -0.39 is 0 Å². The number of carbonyl (C=O) groups is 1. The van der Waals surface area contributed by atoms with Crippen LogP contribution in [0.2, 0.25) is 0 Å². The number of aryl methyl sites for hydroxylation is 1. The lowest BCUT2D eigenvalue weighted by molar-refractivity contribution is -0.119. The summed E-state index contributed by atoms with van der Waals surface area (Å²) in [5, 5.41) is 4.89. The van der Waals surface area contributed by atoms with Crippen molar-refractivity contribution >= 4 is 39.7 Å². The molecule has 30 heavy (non-hydrogen) atoms. The summed E-state index contributed by atoms with van der Waals surface area (Å²) in [4.78, 5) is 31.5. The molecule has 6 nitrogen and oxygen atoms in total. The zero-order chi connectivity index (χ0) is 21.1. The Morgan fingerprint density at radius 1 is 1.40 bits per heavy atom. The Labute approximate surface area is 182 Å². The number of fused-ring (bicyclic) bond motifs is 1. The van der Waals surface area contributed by atoms with Crippen molar-refractivity contribution in [2.75, 3.05) is 23.7 Å². The first-order chi connectivity index (χ1) is 14.5. The van der Waals surface area contributed by atoms with Gasteiger partial charge in [0.05, 0.1) is 17.1 Å². The third kappa shape index (κ3) is 4.84. The van der Waals surface area contributed by atoms with Gasteiger partial charge in [-0.25, -0.2) is 9.37 Å². The van der Waals surface area contributed by atoms with E-state index in [-0.39, 0.29) is 23.3 Å². The lowest BCUT2D eigenvalue weighted by Crippen LogP contribution is -2.48. The molecule has 4 rings (SSSR count). The molecular formula is C21H23FN4O2S2. The number of nitrogens with zero attached hydrogens (tertiary/aromatic N) is 3. The minimum atomic E-state index is -0.228. The third-order valence-electron chi connectivity index (χ3n) is 5.07. The van der Waals surface area contributed by atoms with Gasteiger partial charge in [0, 0.05) is 42.5 Å². The Balaban J connectivity index is 1.29. The summed E-state index contributed by atoms with van der Waals surface area (Å²) in [6.07, 6.45) is 3.49. The fourth-order valence-corrected chi connectivity index (χ4v) is 5.12. The number of thiazole rings is 1. The molecule has 1 unspecified atom stereocenters. The van der Waals surface area contributed by atoms with E-state index in [1.807, 2.05) is 23.3 Å². The largest absolute Gasteiger partial charge is 0.367 e. The van der Waals surface area contributed by atoms with Crippen molar-refractivity contribution in [3.8, 4) is 0 Å². The second-order valence-corrected chi connectivity index (χ2v) is 9.30. The highest BCUT2D eigenvalue weighted by molar-refractivity contribution is 7.99. The molecule has 1 aliphatic rings. The number of piperidine rings is 1. The van der Waals surface area contributed by atoms with Gasteiger partial charge >= 0.3 is 0 Å². The summed E-state index contributed by atoms with van der Waals surface area (Å²) in [6.45, 7) is 3.33. The van der Waals surface area contributed by atoms with Crippen LogP contribution in [0.5, 0.6) is 0 Å². The quantitative estimate of drug-likeness (QED) is 0.630. The molecule has 1 amide bonds. The monoisotopic (exact) mass is 446 g/mol. The Morgan fingerprint density at radius 3 is 3.13 bits per heavy atom. The summed E-state index contributed by atoms with van der Waals surface area (Å²) in [5.74, 6) is 0.517. The van der Waals surface area contributed by atoms with Crippen LogP contribution in [0.4, 0.5) is 10.1 Å². The van der Waals surface area contributed by atoms with Gasteiger partial charge in [-0.1, -0.05) is 6.07 Å². The maximum absolute atomic E-state index is 14.2. The molecular weight excluding hydrogens is 423 g/mol. The fraction of sp³-hybridized carbons (Fsp3) is 0.381. The maximum Gasteiger partial charge on any atom is 0.258 e. The van der Waals surface area contributed by atoms with Gasteiger partial charge in [0.25, 0.3) is 5.56 Å². The molecule has 0 radical (unpaired) electrons. The van der Waals surface area contributed by atoms with Gasteiger partial charge in [-0.2, -0.15) is 0 Å². The molecule has 3 aromatic rings. The lowest BCUT2D eigenvalue weighted by atomic mass is 10.0. The summed E-state index contributed by atoms with van der Waals surface area (Å²) in [7, 11) is 0. The number of anilines is 1. The molecule has 2 aromatic heterocycles. The van der Waals surface area contributed by atoms with E-state index in [9.17, 15) is 14.0 Å². The van der Waals surface area contributed by atoms with Crippen LogP contribution in [0.3, 0.4) is 0 Å². The number of nitrogens with one attached hydrogen (secondary N) is 1. The van der Waals surface area contributed by atoms with E-state index in [2.05, 4.69) is 10.3 Å². The number of hydrogen-bond acceptors (Lipinski definition) is 6. The molecule has 3 heterocycles. The molecule has 0 spiro atoms. The number of thioether (sulfide) groups is 1. The zero-order valence-corrected chi connectivity index (χ0v) is 18.3. The van der Waals surface area contributed by atoms with E-state index in [1.54, 1.807) is 12.3 Å². The second kappa shape index (κ2) is 9.18. The Kier molecular flexibility index (Phi) is 6.38. The molecule has 158 valence electrons. The topological polar surface area (TPSA) is 66.7 Å². The summed E-state index contributed by atoms with van der Waals surface area (Å²) >= 11 is 2.84. The van der Waals surface area contributed by atoms with Gasteiger partial charge in [-0.3, -0.25) is 14.0 Å². The SMILES string of the molecule is Cc1ccc(F)c(N2CCCC(NC(=O)CSCc3cc(=O)n4ccsc4n3)C2)c1. The Hall–Kier alpha value is -2.39. The van der Waals surface area contributed by atoms with E-state index in [0.717, 1.165) is 24.9 Å². The fourth-order valence-electron chi connectivity index (χ4n) is 3.66. The first-order valence-electron chi connectivity index (χ1n) is 9.83. The van der Waals surface area contributed by atoms with Crippen molar-refractivity contribution in [1.29, 1.82) is 0 Å². The van der Waals surface area contributed by atoms with Crippen molar-refractivity contribution in [1.82, 2.24) is 14.7 Å². The standard InChI is InChI=1S/C21H23FN4O2S2/c1-14-4-5-17(22)18(9-14)25-6-2-3-15(11-25)23-19(27)13-29-12-16-10-20(28)26-7-8-30-21(26)24-16/h4-5,7-10,15H,2-3,6,11-13H2,1H3,(H,23,27). The first kappa shape index (κ1) is 20.9. The second-order valence-electron chi connectivity index (χ2n) is 7.44. The number of halogens is 1. The molecule has 1 aliphatic heterocycles. The number of carbonyl (C=O) groups excluding carboxylic acids is 1. The van der Waals surface area contributed by atoms with Crippen LogP contribution >= 0.6 is 23.1 Å². The molecule has 1 saturated heterocycles. The highest BCUT2D eigenvalue weighted by Gasteiger charge is 2.23. The molecule has 0 saturated carbocycles. The van der Waals surface area contributed by atoms with Crippen LogP contribution in [-0.4, -0.2) is 40.2 Å². The number of hydrogen-bond donors (Lipinski definition) is 1. The molecule has 9 heteroatoms. The summed E-state index contributed by atoms with van der Waals surface area (Å²) in [6, 6.07) is 6.63. The average Bonchev–Trinajstić information content (AvgIpc) is 3.19. The number of benzene rings is 1. The predicted octanol–water partition coefficient (Wildman–Crippen LogP) is 3.22. The lowest BCUT2D eigenvalue weighted by Gasteiger charge is -2.35. The van der Waals surface area contributed by atoms with Crippen LogP contribution < -0.4 is 15.8 Å². The Morgan fingerprint density at radius 2 is 2.27 bits per heavy atom. The van der Waals surface area contributed by atoms with E-state index >= 15 is 0 Å². The van der Waals surface area contributed by atoms with Gasteiger partial charge in [0.15, 0.2) is 4.96 Å². The molecule has 1 atom stereocenters. The molecule has 0 aliphatic carbocycles. The average molecular weight is 447 g/mol.